The van der Waals surface area contributed by atoms with Gasteiger partial charge in [-0.05, 0) is 38.3 Å². The summed E-state index contributed by atoms with van der Waals surface area (Å²) in [5.41, 5.74) is 1.18. The number of hydrogen-bond acceptors (Lipinski definition) is 3. The van der Waals surface area contributed by atoms with Crippen LogP contribution in [0.4, 0.5) is 5.69 Å². The lowest BCUT2D eigenvalue weighted by molar-refractivity contribution is 0.415. The lowest BCUT2D eigenvalue weighted by atomic mass is 10.2. The van der Waals surface area contributed by atoms with Crippen LogP contribution in [-0.4, -0.2) is 44.8 Å². The quantitative estimate of drug-likeness (QED) is 0.429. The highest BCUT2D eigenvalue weighted by molar-refractivity contribution is 14.0. The van der Waals surface area contributed by atoms with Crippen LogP contribution in [0, 0.1) is 0 Å². The Labute approximate surface area is 155 Å². The molecule has 5 nitrogen and oxygen atoms in total. The molecular formula is C17H27IN4O. The maximum absolute atomic E-state index is 5.48. The molecule has 2 N–H and O–H groups in total. The summed E-state index contributed by atoms with van der Waals surface area (Å²) < 4.78 is 5.48. The number of ether oxygens (including phenoxy) is 1. The third-order valence-electron chi connectivity index (χ3n) is 4.19. The predicted octanol–water partition coefficient (Wildman–Crippen LogP) is 2.61. The molecule has 128 valence electrons. The Morgan fingerprint density at radius 3 is 2.65 bits per heavy atom. The summed E-state index contributed by atoms with van der Waals surface area (Å²) in [5, 5.41) is 7.07. The number of rotatable bonds is 5. The normalized spacial score (nSPS) is 20.9. The molecule has 0 amide bonds. The second-order valence-electron chi connectivity index (χ2n) is 5.99. The molecule has 1 saturated carbocycles. The third kappa shape index (κ3) is 4.89. The van der Waals surface area contributed by atoms with Crippen molar-refractivity contribution in [1.82, 2.24) is 10.6 Å². The zero-order chi connectivity index (χ0) is 15.4. The lowest BCUT2D eigenvalue weighted by Gasteiger charge is -2.22. The summed E-state index contributed by atoms with van der Waals surface area (Å²) >= 11 is 0. The number of para-hydroxylation sites is 2. The van der Waals surface area contributed by atoms with Gasteiger partial charge in [-0.15, -0.1) is 24.0 Å². The van der Waals surface area contributed by atoms with Gasteiger partial charge in [-0.2, -0.15) is 0 Å². The van der Waals surface area contributed by atoms with Gasteiger partial charge in [0.05, 0.1) is 12.8 Å². The molecule has 1 heterocycles. The third-order valence-corrected chi connectivity index (χ3v) is 4.19. The van der Waals surface area contributed by atoms with Crippen molar-refractivity contribution in [3.8, 4) is 5.75 Å². The van der Waals surface area contributed by atoms with Crippen LogP contribution in [0.15, 0.2) is 29.3 Å². The molecule has 0 aromatic heterocycles. The van der Waals surface area contributed by atoms with Gasteiger partial charge < -0.3 is 20.3 Å². The van der Waals surface area contributed by atoms with Crippen LogP contribution in [0.3, 0.4) is 0 Å². The lowest BCUT2D eigenvalue weighted by Crippen LogP contribution is -2.45. The summed E-state index contributed by atoms with van der Waals surface area (Å²) in [7, 11) is 1.73. The molecule has 0 spiro atoms. The van der Waals surface area contributed by atoms with E-state index >= 15 is 0 Å². The molecule has 1 atom stereocenters. The molecule has 1 aliphatic carbocycles. The zero-order valence-electron chi connectivity index (χ0n) is 13.9. The maximum Gasteiger partial charge on any atom is 0.191 e. The summed E-state index contributed by atoms with van der Waals surface area (Å²) in [5.74, 6) is 1.92. The molecule has 23 heavy (non-hydrogen) atoms. The molecule has 1 unspecified atom stereocenters. The highest BCUT2D eigenvalue weighted by atomic mass is 127. The van der Waals surface area contributed by atoms with E-state index in [1.54, 1.807) is 7.11 Å². The van der Waals surface area contributed by atoms with Crippen LogP contribution in [-0.2, 0) is 0 Å². The highest BCUT2D eigenvalue weighted by Gasteiger charge is 2.27. The number of nitrogens with zero attached hydrogens (tertiary/aromatic N) is 2. The number of guanidine groups is 1. The van der Waals surface area contributed by atoms with E-state index in [-0.39, 0.29) is 24.0 Å². The van der Waals surface area contributed by atoms with Gasteiger partial charge in [0.1, 0.15) is 5.75 Å². The number of aliphatic imine (C=N–C) groups is 1. The summed E-state index contributed by atoms with van der Waals surface area (Å²) in [6, 6.07) is 9.29. The minimum absolute atomic E-state index is 0. The molecule has 1 aromatic carbocycles. The molecule has 0 bridgehead atoms. The van der Waals surface area contributed by atoms with Gasteiger partial charge in [0, 0.05) is 31.7 Å². The van der Waals surface area contributed by atoms with Gasteiger partial charge in [-0.3, -0.25) is 4.99 Å². The molecule has 3 rings (SSSR count). The van der Waals surface area contributed by atoms with Crippen LogP contribution < -0.4 is 20.3 Å². The minimum atomic E-state index is 0. The van der Waals surface area contributed by atoms with Gasteiger partial charge in [0.15, 0.2) is 5.96 Å². The monoisotopic (exact) mass is 430 g/mol. The number of anilines is 1. The first-order valence-corrected chi connectivity index (χ1v) is 8.25. The first-order valence-electron chi connectivity index (χ1n) is 8.25. The van der Waals surface area contributed by atoms with Crippen molar-refractivity contribution in [3.63, 3.8) is 0 Å². The number of nitrogens with one attached hydrogen (secondary N) is 2. The largest absolute Gasteiger partial charge is 0.495 e. The van der Waals surface area contributed by atoms with Crippen molar-refractivity contribution >= 4 is 35.6 Å². The zero-order valence-corrected chi connectivity index (χ0v) is 16.2. The van der Waals surface area contributed by atoms with E-state index in [4.69, 9.17) is 4.74 Å². The Balaban J connectivity index is 0.00000192. The van der Waals surface area contributed by atoms with Crippen LogP contribution in [0.5, 0.6) is 5.75 Å². The van der Waals surface area contributed by atoms with E-state index in [1.165, 1.54) is 18.5 Å². The Bertz CT molecular complexity index is 533. The van der Waals surface area contributed by atoms with Crippen molar-refractivity contribution in [3.05, 3.63) is 24.3 Å². The second kappa shape index (κ2) is 8.61. The van der Waals surface area contributed by atoms with E-state index in [2.05, 4.69) is 39.6 Å². The van der Waals surface area contributed by atoms with E-state index in [0.717, 1.165) is 37.8 Å². The maximum atomic E-state index is 5.48. The highest BCUT2D eigenvalue weighted by Crippen LogP contribution is 2.30. The molecule has 2 fully saturated rings. The van der Waals surface area contributed by atoms with Gasteiger partial charge in [-0.1, -0.05) is 12.1 Å². The van der Waals surface area contributed by atoms with Crippen molar-refractivity contribution in [2.24, 2.45) is 4.99 Å². The fraction of sp³-hybridized carbons (Fsp3) is 0.588. The fourth-order valence-electron chi connectivity index (χ4n) is 2.89. The Kier molecular flexibility index (Phi) is 6.80. The number of benzene rings is 1. The topological polar surface area (TPSA) is 48.9 Å². The van der Waals surface area contributed by atoms with Gasteiger partial charge in [0.2, 0.25) is 0 Å². The van der Waals surface area contributed by atoms with Crippen molar-refractivity contribution in [2.45, 2.75) is 38.3 Å². The van der Waals surface area contributed by atoms with Gasteiger partial charge in [-0.25, -0.2) is 0 Å². The van der Waals surface area contributed by atoms with Crippen LogP contribution in [0.25, 0.3) is 0 Å². The average Bonchev–Trinajstić information content (AvgIpc) is 3.23. The van der Waals surface area contributed by atoms with E-state index in [0.29, 0.717) is 12.1 Å². The van der Waals surface area contributed by atoms with E-state index < -0.39 is 0 Å². The van der Waals surface area contributed by atoms with Crippen molar-refractivity contribution in [2.75, 3.05) is 31.6 Å². The Morgan fingerprint density at radius 2 is 1.96 bits per heavy atom. The number of halogens is 1. The second-order valence-corrected chi connectivity index (χ2v) is 5.99. The predicted molar refractivity (Wildman–Crippen MR) is 106 cm³/mol. The SMILES string of the molecule is CCN=C(NC1CC1)NC1CCN(c2ccccc2OC)C1.I. The number of methoxy groups -OCH3 is 1. The minimum Gasteiger partial charge on any atom is -0.495 e. The van der Waals surface area contributed by atoms with E-state index in [9.17, 15) is 0 Å². The first-order chi connectivity index (χ1) is 10.8. The fourth-order valence-corrected chi connectivity index (χ4v) is 2.89. The molecule has 1 aromatic rings. The first kappa shape index (κ1) is 18.2. The number of hydrogen-bond donors (Lipinski definition) is 2. The smallest absolute Gasteiger partial charge is 0.191 e. The van der Waals surface area contributed by atoms with Gasteiger partial charge in [0.25, 0.3) is 0 Å². The average molecular weight is 430 g/mol. The van der Waals surface area contributed by atoms with Crippen LogP contribution in [0.1, 0.15) is 26.2 Å². The van der Waals surface area contributed by atoms with Crippen molar-refractivity contribution < 1.29 is 4.74 Å². The molecule has 1 aliphatic heterocycles. The Morgan fingerprint density at radius 1 is 1.22 bits per heavy atom. The molecule has 2 aliphatic rings. The summed E-state index contributed by atoms with van der Waals surface area (Å²) in [6.07, 6.45) is 3.65. The molecule has 0 radical (unpaired) electrons. The standard InChI is InChI=1S/C17H26N4O.HI/c1-3-18-17(19-13-8-9-13)20-14-10-11-21(12-14)15-6-4-5-7-16(15)22-2;/h4-7,13-14H,3,8-12H2,1-2H3,(H2,18,19,20);1H. The van der Waals surface area contributed by atoms with E-state index in [1.807, 2.05) is 12.1 Å². The van der Waals surface area contributed by atoms with Crippen LogP contribution >= 0.6 is 24.0 Å². The van der Waals surface area contributed by atoms with Crippen molar-refractivity contribution in [1.29, 1.82) is 0 Å². The molecular weight excluding hydrogens is 403 g/mol. The molecule has 6 heteroatoms. The molecule has 1 saturated heterocycles. The van der Waals surface area contributed by atoms with Crippen LogP contribution in [0.2, 0.25) is 0 Å². The Hall–Kier alpha value is -1.18. The summed E-state index contributed by atoms with van der Waals surface area (Å²) in [4.78, 5) is 6.94. The van der Waals surface area contributed by atoms with Gasteiger partial charge >= 0.3 is 0 Å². The summed E-state index contributed by atoms with van der Waals surface area (Å²) in [6.45, 7) is 4.91.